The maximum atomic E-state index is 12.4. The van der Waals surface area contributed by atoms with Crippen LogP contribution in [0.25, 0.3) is 0 Å². The van der Waals surface area contributed by atoms with Crippen LogP contribution in [0.5, 0.6) is 11.5 Å². The van der Waals surface area contributed by atoms with Gasteiger partial charge in [-0.25, -0.2) is 0 Å². The molecule has 4 nitrogen and oxygen atoms in total. The molecule has 0 radical (unpaired) electrons. The fraction of sp³-hybridized carbons (Fsp3) is 0.316. The van der Waals surface area contributed by atoms with E-state index in [1.807, 2.05) is 62.5 Å². The van der Waals surface area contributed by atoms with Crippen LogP contribution < -0.4 is 9.47 Å². The molecule has 1 amide bonds. The Morgan fingerprint density at radius 2 is 1.83 bits per heavy atom. The van der Waals surface area contributed by atoms with Crippen LogP contribution in [0, 0.1) is 6.92 Å². The average molecular weight is 311 g/mol. The number of fused-ring (bicyclic) bond motifs is 1. The van der Waals surface area contributed by atoms with Gasteiger partial charge < -0.3 is 14.4 Å². The monoisotopic (exact) mass is 311 g/mol. The molecule has 0 unspecified atom stereocenters. The lowest BCUT2D eigenvalue weighted by Gasteiger charge is -2.29. The quantitative estimate of drug-likeness (QED) is 0.871. The Labute approximate surface area is 136 Å². The number of benzene rings is 2. The molecule has 0 spiro atoms. The molecule has 0 aromatic heterocycles. The number of hydrogen-bond donors (Lipinski definition) is 0. The Bertz CT molecular complexity index is 699. The predicted octanol–water partition coefficient (Wildman–Crippen LogP) is 2.84. The molecule has 120 valence electrons. The summed E-state index contributed by atoms with van der Waals surface area (Å²) in [4.78, 5) is 14.1. The van der Waals surface area contributed by atoms with Crippen LogP contribution in [-0.2, 0) is 11.2 Å². The lowest BCUT2D eigenvalue weighted by molar-refractivity contribution is -0.130. The Morgan fingerprint density at radius 3 is 2.61 bits per heavy atom. The first-order chi connectivity index (χ1) is 11.1. The minimum absolute atomic E-state index is 0.0850. The second-order valence-corrected chi connectivity index (χ2v) is 5.88. The van der Waals surface area contributed by atoms with E-state index in [2.05, 4.69) is 0 Å². The molecule has 2 aromatic carbocycles. The van der Waals surface area contributed by atoms with Crippen LogP contribution in [-0.4, -0.2) is 37.1 Å². The molecule has 23 heavy (non-hydrogen) atoms. The fourth-order valence-corrected chi connectivity index (χ4v) is 2.67. The molecule has 1 heterocycles. The van der Waals surface area contributed by atoms with Crippen molar-refractivity contribution in [3.8, 4) is 11.5 Å². The largest absolute Gasteiger partial charge is 0.486 e. The van der Waals surface area contributed by atoms with E-state index in [1.165, 1.54) is 0 Å². The van der Waals surface area contributed by atoms with Crippen molar-refractivity contribution in [3.63, 3.8) is 0 Å². The van der Waals surface area contributed by atoms with E-state index in [0.717, 1.165) is 22.6 Å². The summed E-state index contributed by atoms with van der Waals surface area (Å²) in [5.41, 5.74) is 2.20. The zero-order chi connectivity index (χ0) is 16.2. The highest BCUT2D eigenvalue weighted by molar-refractivity contribution is 5.78. The van der Waals surface area contributed by atoms with Gasteiger partial charge in [0, 0.05) is 7.05 Å². The minimum atomic E-state index is -0.143. The fourth-order valence-electron chi connectivity index (χ4n) is 2.67. The smallest absolute Gasteiger partial charge is 0.226 e. The maximum Gasteiger partial charge on any atom is 0.226 e. The summed E-state index contributed by atoms with van der Waals surface area (Å²) in [7, 11) is 1.81. The summed E-state index contributed by atoms with van der Waals surface area (Å²) in [6.07, 6.45) is 0.267. The van der Waals surface area contributed by atoms with Crippen LogP contribution in [0.3, 0.4) is 0 Å². The van der Waals surface area contributed by atoms with Gasteiger partial charge in [-0.15, -0.1) is 0 Å². The van der Waals surface area contributed by atoms with Crippen molar-refractivity contribution in [3.05, 3.63) is 59.7 Å². The normalized spacial score (nSPS) is 16.0. The zero-order valence-corrected chi connectivity index (χ0v) is 13.5. The van der Waals surface area contributed by atoms with Crippen molar-refractivity contribution >= 4 is 5.91 Å². The van der Waals surface area contributed by atoms with Gasteiger partial charge in [-0.05, 0) is 30.2 Å². The highest BCUT2D eigenvalue weighted by Gasteiger charge is 2.23. The van der Waals surface area contributed by atoms with Crippen LogP contribution in [0.1, 0.15) is 11.1 Å². The van der Waals surface area contributed by atoms with Crippen molar-refractivity contribution in [2.45, 2.75) is 19.4 Å². The Morgan fingerprint density at radius 1 is 1.13 bits per heavy atom. The average Bonchev–Trinajstić information content (AvgIpc) is 2.56. The summed E-state index contributed by atoms with van der Waals surface area (Å²) >= 11 is 0. The molecule has 1 atom stereocenters. The number of para-hydroxylation sites is 2. The summed E-state index contributed by atoms with van der Waals surface area (Å²) in [5, 5.41) is 0. The molecule has 0 aliphatic carbocycles. The molecule has 1 aliphatic rings. The maximum absolute atomic E-state index is 12.4. The second-order valence-electron chi connectivity index (χ2n) is 5.88. The third kappa shape index (κ3) is 3.65. The molecule has 4 heteroatoms. The zero-order valence-electron chi connectivity index (χ0n) is 13.5. The van der Waals surface area contributed by atoms with E-state index in [0.29, 0.717) is 19.6 Å². The third-order valence-electron chi connectivity index (χ3n) is 4.07. The van der Waals surface area contributed by atoms with E-state index in [4.69, 9.17) is 9.47 Å². The summed E-state index contributed by atoms with van der Waals surface area (Å²) in [6.45, 7) is 3.00. The van der Waals surface area contributed by atoms with Crippen molar-refractivity contribution in [1.29, 1.82) is 0 Å². The van der Waals surface area contributed by atoms with Gasteiger partial charge in [0.05, 0.1) is 13.0 Å². The number of carbonyl (C=O) groups excluding carboxylic acids is 1. The van der Waals surface area contributed by atoms with E-state index in [9.17, 15) is 4.79 Å². The number of nitrogens with zero attached hydrogens (tertiary/aromatic N) is 1. The number of amides is 1. The van der Waals surface area contributed by atoms with Gasteiger partial charge in [-0.1, -0.05) is 36.4 Å². The van der Waals surface area contributed by atoms with E-state index in [1.54, 1.807) is 4.90 Å². The third-order valence-corrected chi connectivity index (χ3v) is 4.07. The highest BCUT2D eigenvalue weighted by Crippen LogP contribution is 2.30. The molecule has 3 rings (SSSR count). The first-order valence-corrected chi connectivity index (χ1v) is 7.80. The molecule has 2 aromatic rings. The highest BCUT2D eigenvalue weighted by atomic mass is 16.6. The number of aryl methyl sites for hydroxylation is 1. The number of likely N-dealkylation sites (N-methyl/N-ethyl adjacent to an activating group) is 1. The second kappa shape index (κ2) is 6.73. The minimum Gasteiger partial charge on any atom is -0.486 e. The topological polar surface area (TPSA) is 38.8 Å². The number of rotatable bonds is 4. The first-order valence-electron chi connectivity index (χ1n) is 7.80. The van der Waals surface area contributed by atoms with E-state index < -0.39 is 0 Å². The Balaban J connectivity index is 1.58. The molecule has 0 saturated carbocycles. The van der Waals surface area contributed by atoms with Crippen molar-refractivity contribution < 1.29 is 14.3 Å². The van der Waals surface area contributed by atoms with Gasteiger partial charge >= 0.3 is 0 Å². The van der Waals surface area contributed by atoms with Crippen molar-refractivity contribution in [2.75, 3.05) is 20.2 Å². The van der Waals surface area contributed by atoms with Crippen LogP contribution in [0.4, 0.5) is 0 Å². The van der Waals surface area contributed by atoms with Crippen LogP contribution in [0.15, 0.2) is 48.5 Å². The SMILES string of the molecule is Cc1ccccc1CC(=O)N(C)C[C@@H]1COc2ccccc2O1. The van der Waals surface area contributed by atoms with Crippen molar-refractivity contribution in [1.82, 2.24) is 4.90 Å². The Hall–Kier alpha value is -2.49. The van der Waals surface area contributed by atoms with Gasteiger partial charge in [0.15, 0.2) is 17.6 Å². The summed E-state index contributed by atoms with van der Waals surface area (Å²) in [6, 6.07) is 15.6. The molecular formula is C19H21NO3. The Kier molecular flexibility index (Phi) is 4.51. The summed E-state index contributed by atoms with van der Waals surface area (Å²) in [5.74, 6) is 1.59. The number of carbonyl (C=O) groups is 1. The molecule has 0 saturated heterocycles. The number of ether oxygens (including phenoxy) is 2. The standard InChI is InChI=1S/C19H21NO3/c1-14-7-3-4-8-15(14)11-19(21)20(2)12-16-13-22-17-9-5-6-10-18(17)23-16/h3-10,16H,11-13H2,1-2H3/t16-/m1/s1. The van der Waals surface area contributed by atoms with Gasteiger partial charge in [0.1, 0.15) is 6.61 Å². The first kappa shape index (κ1) is 15.4. The van der Waals surface area contributed by atoms with Gasteiger partial charge in [-0.2, -0.15) is 0 Å². The predicted molar refractivity (Wildman–Crippen MR) is 88.9 cm³/mol. The van der Waals surface area contributed by atoms with E-state index >= 15 is 0 Å². The van der Waals surface area contributed by atoms with Gasteiger partial charge in [-0.3, -0.25) is 4.79 Å². The molecule has 0 bridgehead atoms. The molecular weight excluding hydrogens is 290 g/mol. The lowest BCUT2D eigenvalue weighted by Crippen LogP contribution is -2.42. The number of hydrogen-bond acceptors (Lipinski definition) is 3. The molecule has 0 N–H and O–H groups in total. The van der Waals surface area contributed by atoms with Crippen LogP contribution >= 0.6 is 0 Å². The van der Waals surface area contributed by atoms with Gasteiger partial charge in [0.2, 0.25) is 5.91 Å². The van der Waals surface area contributed by atoms with Crippen molar-refractivity contribution in [2.24, 2.45) is 0 Å². The van der Waals surface area contributed by atoms with Gasteiger partial charge in [0.25, 0.3) is 0 Å². The molecule has 1 aliphatic heterocycles. The van der Waals surface area contributed by atoms with E-state index in [-0.39, 0.29) is 12.0 Å². The molecule has 0 fully saturated rings. The lowest BCUT2D eigenvalue weighted by atomic mass is 10.1. The van der Waals surface area contributed by atoms with Crippen LogP contribution in [0.2, 0.25) is 0 Å². The summed E-state index contributed by atoms with van der Waals surface area (Å²) < 4.78 is 11.6.